The monoisotopic (exact) mass is 385 g/mol. The van der Waals surface area contributed by atoms with Crippen LogP contribution in [0.25, 0.3) is 33.4 Å². The van der Waals surface area contributed by atoms with Gasteiger partial charge < -0.3 is 0 Å². The van der Waals surface area contributed by atoms with E-state index in [4.69, 9.17) is 11.6 Å². The molecule has 0 amide bonds. The van der Waals surface area contributed by atoms with E-state index in [-0.39, 0.29) is 10.6 Å². The molecule has 0 aromatic heterocycles. The van der Waals surface area contributed by atoms with E-state index in [1.54, 1.807) is 6.07 Å². The molecule has 3 nitrogen and oxygen atoms in total. The number of nitro groups is 1. The third-order valence-electron chi connectivity index (χ3n) is 4.65. The first kappa shape index (κ1) is 18.0. The van der Waals surface area contributed by atoms with Gasteiger partial charge in [0.2, 0.25) is 0 Å². The zero-order valence-electron chi connectivity index (χ0n) is 14.9. The largest absolute Gasteiger partial charge is 0.277 e. The predicted molar refractivity (Wildman–Crippen MR) is 114 cm³/mol. The molecule has 4 aromatic rings. The summed E-state index contributed by atoms with van der Waals surface area (Å²) in [5.74, 6) is 0. The molecule has 4 aromatic carbocycles. The van der Waals surface area contributed by atoms with Crippen molar-refractivity contribution in [3.63, 3.8) is 0 Å². The maximum absolute atomic E-state index is 11.3. The average Bonchev–Trinajstić information content (AvgIpc) is 2.74. The van der Waals surface area contributed by atoms with E-state index in [0.29, 0.717) is 10.6 Å². The molecule has 136 valence electrons. The molecule has 0 aliphatic heterocycles. The van der Waals surface area contributed by atoms with Gasteiger partial charge in [-0.2, -0.15) is 0 Å². The first-order valence-corrected chi connectivity index (χ1v) is 9.20. The van der Waals surface area contributed by atoms with Gasteiger partial charge in [-0.15, -0.1) is 0 Å². The van der Waals surface area contributed by atoms with Gasteiger partial charge in [-0.3, -0.25) is 10.1 Å². The molecule has 0 aliphatic rings. The number of halogens is 1. The van der Waals surface area contributed by atoms with Gasteiger partial charge in [0, 0.05) is 11.1 Å². The predicted octanol–water partition coefficient (Wildman–Crippen LogP) is 7.25. The van der Waals surface area contributed by atoms with Gasteiger partial charge in [-0.25, -0.2) is 0 Å². The van der Waals surface area contributed by atoms with Crippen molar-refractivity contribution in [1.29, 1.82) is 0 Å². The number of benzene rings is 4. The molecular weight excluding hydrogens is 370 g/mol. The highest BCUT2D eigenvalue weighted by atomic mass is 35.5. The second kappa shape index (κ2) is 7.67. The summed E-state index contributed by atoms with van der Waals surface area (Å²) >= 11 is 6.05. The zero-order valence-corrected chi connectivity index (χ0v) is 15.6. The molecule has 28 heavy (non-hydrogen) atoms. The lowest BCUT2D eigenvalue weighted by atomic mass is 9.97. The number of rotatable bonds is 4. The SMILES string of the molecule is O=[N+]([O-])c1ccc(Cl)cc1-c1ccc(-c2cccc(-c3ccccc3)c2)cc1. The van der Waals surface area contributed by atoms with Crippen LogP contribution in [-0.4, -0.2) is 4.92 Å². The van der Waals surface area contributed by atoms with Crippen molar-refractivity contribution in [1.82, 2.24) is 0 Å². The van der Waals surface area contributed by atoms with Crippen LogP contribution in [0.15, 0.2) is 97.1 Å². The topological polar surface area (TPSA) is 43.1 Å². The van der Waals surface area contributed by atoms with Gasteiger partial charge >= 0.3 is 0 Å². The van der Waals surface area contributed by atoms with Crippen molar-refractivity contribution in [3.05, 3.63) is 112 Å². The van der Waals surface area contributed by atoms with Crippen LogP contribution in [0.3, 0.4) is 0 Å². The van der Waals surface area contributed by atoms with Crippen LogP contribution in [-0.2, 0) is 0 Å². The summed E-state index contributed by atoms with van der Waals surface area (Å²) in [6.45, 7) is 0. The first-order chi connectivity index (χ1) is 13.6. The van der Waals surface area contributed by atoms with E-state index >= 15 is 0 Å². The molecule has 0 heterocycles. The van der Waals surface area contributed by atoms with Gasteiger partial charge in [0.1, 0.15) is 0 Å². The maximum Gasteiger partial charge on any atom is 0.277 e. The summed E-state index contributed by atoms with van der Waals surface area (Å²) in [7, 11) is 0. The van der Waals surface area contributed by atoms with Crippen LogP contribution in [0.4, 0.5) is 5.69 Å². The number of hydrogen-bond acceptors (Lipinski definition) is 2. The summed E-state index contributed by atoms with van der Waals surface area (Å²) in [6, 6.07) is 30.9. The molecular formula is C24H16ClNO2. The van der Waals surface area contributed by atoms with Crippen LogP contribution < -0.4 is 0 Å². The van der Waals surface area contributed by atoms with E-state index in [1.165, 1.54) is 12.1 Å². The van der Waals surface area contributed by atoms with Crippen LogP contribution in [0.5, 0.6) is 0 Å². The highest BCUT2D eigenvalue weighted by molar-refractivity contribution is 6.31. The lowest BCUT2D eigenvalue weighted by Gasteiger charge is -2.08. The number of nitro benzene ring substituents is 1. The molecule has 0 atom stereocenters. The third kappa shape index (κ3) is 3.66. The number of hydrogen-bond donors (Lipinski definition) is 0. The highest BCUT2D eigenvalue weighted by Gasteiger charge is 2.15. The van der Waals surface area contributed by atoms with Crippen LogP contribution in [0.1, 0.15) is 0 Å². The fourth-order valence-electron chi connectivity index (χ4n) is 3.25. The summed E-state index contributed by atoms with van der Waals surface area (Å²) in [6.07, 6.45) is 0. The summed E-state index contributed by atoms with van der Waals surface area (Å²) in [4.78, 5) is 10.9. The minimum atomic E-state index is -0.386. The third-order valence-corrected chi connectivity index (χ3v) is 4.89. The van der Waals surface area contributed by atoms with E-state index in [2.05, 4.69) is 30.3 Å². The lowest BCUT2D eigenvalue weighted by molar-refractivity contribution is -0.384. The maximum atomic E-state index is 11.3. The molecule has 0 saturated carbocycles. The highest BCUT2D eigenvalue weighted by Crippen LogP contribution is 2.34. The van der Waals surface area contributed by atoms with Gasteiger partial charge in [0.25, 0.3) is 5.69 Å². The Bertz CT molecular complexity index is 1140. The standard InChI is InChI=1S/C24H16ClNO2/c25-22-13-14-24(26(27)28)23(16-22)19-11-9-18(10-12-19)21-8-4-7-20(15-21)17-5-2-1-3-6-17/h1-16H. The summed E-state index contributed by atoms with van der Waals surface area (Å²) in [5.41, 5.74) is 5.77. The van der Waals surface area contributed by atoms with Gasteiger partial charge in [-0.1, -0.05) is 84.4 Å². The molecule has 0 saturated heterocycles. The van der Waals surface area contributed by atoms with Gasteiger partial charge in [0.15, 0.2) is 0 Å². The molecule has 0 aliphatic carbocycles. The van der Waals surface area contributed by atoms with Crippen molar-refractivity contribution in [2.45, 2.75) is 0 Å². The lowest BCUT2D eigenvalue weighted by Crippen LogP contribution is -1.92. The van der Waals surface area contributed by atoms with Gasteiger partial charge in [0.05, 0.1) is 10.5 Å². The molecule has 4 heteroatoms. The zero-order chi connectivity index (χ0) is 19.5. The first-order valence-electron chi connectivity index (χ1n) is 8.82. The smallest absolute Gasteiger partial charge is 0.258 e. The molecule has 0 spiro atoms. The second-order valence-corrected chi connectivity index (χ2v) is 6.88. The van der Waals surface area contributed by atoms with E-state index in [1.807, 2.05) is 48.5 Å². The molecule has 0 bridgehead atoms. The van der Waals surface area contributed by atoms with Crippen molar-refractivity contribution in [2.24, 2.45) is 0 Å². The quantitative estimate of drug-likeness (QED) is 0.274. The Morgan fingerprint density at radius 2 is 1.18 bits per heavy atom. The van der Waals surface area contributed by atoms with Crippen molar-refractivity contribution in [3.8, 4) is 33.4 Å². The van der Waals surface area contributed by atoms with E-state index < -0.39 is 0 Å². The van der Waals surface area contributed by atoms with Crippen LogP contribution >= 0.6 is 11.6 Å². The van der Waals surface area contributed by atoms with E-state index in [0.717, 1.165) is 27.8 Å². The summed E-state index contributed by atoms with van der Waals surface area (Å²) < 4.78 is 0. The summed E-state index contributed by atoms with van der Waals surface area (Å²) in [5, 5.41) is 11.8. The molecule has 0 N–H and O–H groups in total. The minimum Gasteiger partial charge on any atom is -0.258 e. The molecule has 0 unspecified atom stereocenters. The Labute approximate surface area is 168 Å². The Morgan fingerprint density at radius 3 is 1.82 bits per heavy atom. The minimum absolute atomic E-state index is 0.0447. The van der Waals surface area contributed by atoms with Crippen molar-refractivity contribution < 1.29 is 4.92 Å². The fraction of sp³-hybridized carbons (Fsp3) is 0. The molecule has 0 radical (unpaired) electrons. The Morgan fingerprint density at radius 1 is 0.607 bits per heavy atom. The van der Waals surface area contributed by atoms with Crippen LogP contribution in [0, 0.1) is 10.1 Å². The Hall–Kier alpha value is -3.43. The average molecular weight is 386 g/mol. The Kier molecular flexibility index (Phi) is 4.92. The Balaban J connectivity index is 1.70. The van der Waals surface area contributed by atoms with Crippen LogP contribution in [0.2, 0.25) is 5.02 Å². The van der Waals surface area contributed by atoms with E-state index in [9.17, 15) is 10.1 Å². The molecule has 4 rings (SSSR count). The van der Waals surface area contributed by atoms with Crippen molar-refractivity contribution in [2.75, 3.05) is 0 Å². The normalized spacial score (nSPS) is 10.6. The van der Waals surface area contributed by atoms with Gasteiger partial charge in [-0.05, 0) is 46.0 Å². The second-order valence-electron chi connectivity index (χ2n) is 6.44. The van der Waals surface area contributed by atoms with Crippen molar-refractivity contribution >= 4 is 17.3 Å². The number of nitrogens with zero attached hydrogens (tertiary/aromatic N) is 1. The molecule has 0 fully saturated rings. The fourth-order valence-corrected chi connectivity index (χ4v) is 3.42.